The molecule has 0 heterocycles. The maximum atomic E-state index is 14.8. The van der Waals surface area contributed by atoms with Crippen molar-refractivity contribution in [3.05, 3.63) is 118 Å². The fourth-order valence-electron chi connectivity index (χ4n) is 4.35. The van der Waals surface area contributed by atoms with Crippen molar-refractivity contribution in [1.82, 2.24) is 0 Å². The zero-order valence-electron chi connectivity index (χ0n) is 21.9. The van der Waals surface area contributed by atoms with E-state index in [9.17, 15) is 33.0 Å². The molecule has 6 nitrogen and oxygen atoms in total. The van der Waals surface area contributed by atoms with Crippen molar-refractivity contribution >= 4 is 23.2 Å². The van der Waals surface area contributed by atoms with Crippen LogP contribution in [0.25, 0.3) is 0 Å². The summed E-state index contributed by atoms with van der Waals surface area (Å²) in [6.45, 7) is 4.53. The Morgan fingerprint density at radius 1 is 0.650 bits per heavy atom. The van der Waals surface area contributed by atoms with E-state index >= 15 is 0 Å². The Bertz CT molecular complexity index is 1490. The van der Waals surface area contributed by atoms with Gasteiger partial charge in [-0.2, -0.15) is 13.2 Å². The number of aryl methyl sites for hydroxylation is 2. The van der Waals surface area contributed by atoms with Crippen LogP contribution in [0.3, 0.4) is 0 Å². The van der Waals surface area contributed by atoms with Crippen molar-refractivity contribution in [2.45, 2.75) is 32.4 Å². The summed E-state index contributed by atoms with van der Waals surface area (Å²) in [5, 5.41) is 25.7. The number of halogens is 3. The van der Waals surface area contributed by atoms with Crippen LogP contribution < -0.4 is 10.6 Å². The number of amides is 2. The van der Waals surface area contributed by atoms with Crippen LogP contribution in [0.1, 0.15) is 49.9 Å². The molecule has 0 atom stereocenters. The zero-order valence-corrected chi connectivity index (χ0v) is 21.9. The minimum Gasteiger partial charge on any atom is -0.506 e. The van der Waals surface area contributed by atoms with Gasteiger partial charge in [0.15, 0.2) is 0 Å². The molecule has 4 aromatic rings. The molecule has 0 saturated carbocycles. The molecule has 206 valence electrons. The predicted octanol–water partition coefficient (Wildman–Crippen LogP) is 7.09. The molecule has 4 rings (SSSR count). The Hall–Kier alpha value is -4.79. The second-order valence-corrected chi connectivity index (χ2v) is 9.73. The van der Waals surface area contributed by atoms with E-state index in [0.29, 0.717) is 0 Å². The SMILES string of the molecule is Cc1cccc(C(=O)Nc2cc(C(C)(c3ccc(O)c(NC(=O)c4cccc(C)c4)c3)C(F)(F)F)ccc2O)c1. The molecule has 0 aliphatic heterocycles. The molecule has 0 aromatic heterocycles. The molecular weight excluding hydrogens is 521 g/mol. The lowest BCUT2D eigenvalue weighted by molar-refractivity contribution is -0.173. The van der Waals surface area contributed by atoms with Gasteiger partial charge in [-0.1, -0.05) is 47.5 Å². The Morgan fingerprint density at radius 2 is 1.05 bits per heavy atom. The minimum absolute atomic E-state index is 0.203. The van der Waals surface area contributed by atoms with E-state index < -0.39 is 34.9 Å². The van der Waals surface area contributed by atoms with Crippen LogP contribution in [-0.2, 0) is 5.41 Å². The first-order valence-electron chi connectivity index (χ1n) is 12.3. The number of phenolic OH excluding ortho intramolecular Hbond substituents is 2. The van der Waals surface area contributed by atoms with Crippen LogP contribution in [0.4, 0.5) is 24.5 Å². The topological polar surface area (TPSA) is 98.7 Å². The minimum atomic E-state index is -4.85. The first kappa shape index (κ1) is 28.2. The van der Waals surface area contributed by atoms with Gasteiger partial charge in [-0.3, -0.25) is 9.59 Å². The van der Waals surface area contributed by atoms with E-state index in [0.717, 1.165) is 54.4 Å². The van der Waals surface area contributed by atoms with Gasteiger partial charge in [0.1, 0.15) is 16.9 Å². The molecule has 0 fully saturated rings. The number of benzene rings is 4. The Morgan fingerprint density at radius 3 is 1.40 bits per heavy atom. The molecular formula is C31H27F3N2O4. The van der Waals surface area contributed by atoms with Crippen LogP contribution in [0, 0.1) is 13.8 Å². The number of nitrogens with one attached hydrogen (secondary N) is 2. The number of hydrogen-bond acceptors (Lipinski definition) is 4. The number of rotatable bonds is 6. The number of aromatic hydroxyl groups is 2. The van der Waals surface area contributed by atoms with E-state index in [1.165, 1.54) is 0 Å². The number of carbonyl (C=O) groups is 2. The van der Waals surface area contributed by atoms with E-state index in [-0.39, 0.29) is 33.6 Å². The molecule has 0 radical (unpaired) electrons. The summed E-state index contributed by atoms with van der Waals surface area (Å²) in [5.41, 5.74) is -1.44. The fourth-order valence-corrected chi connectivity index (χ4v) is 4.35. The number of phenols is 2. The number of carbonyl (C=O) groups excluding carboxylic acids is 2. The van der Waals surface area contributed by atoms with Gasteiger partial charge in [0, 0.05) is 11.1 Å². The van der Waals surface area contributed by atoms with Crippen LogP contribution in [0.2, 0.25) is 0 Å². The first-order chi connectivity index (χ1) is 18.8. The highest BCUT2D eigenvalue weighted by Crippen LogP contribution is 2.48. The lowest BCUT2D eigenvalue weighted by Gasteiger charge is -2.34. The van der Waals surface area contributed by atoms with Gasteiger partial charge in [-0.15, -0.1) is 0 Å². The third kappa shape index (κ3) is 5.63. The second-order valence-electron chi connectivity index (χ2n) is 9.73. The summed E-state index contributed by atoms with van der Waals surface area (Å²) in [5.74, 6) is -2.02. The lowest BCUT2D eigenvalue weighted by Crippen LogP contribution is -2.40. The van der Waals surface area contributed by atoms with Crippen molar-refractivity contribution in [3.63, 3.8) is 0 Å². The predicted molar refractivity (Wildman–Crippen MR) is 147 cm³/mol. The Balaban J connectivity index is 1.73. The van der Waals surface area contributed by atoms with Crippen molar-refractivity contribution in [2.24, 2.45) is 0 Å². The summed E-state index contributed by atoms with van der Waals surface area (Å²) in [6, 6.07) is 19.7. The molecule has 0 unspecified atom stereocenters. The molecule has 4 N–H and O–H groups in total. The number of anilines is 2. The highest BCUT2D eigenvalue weighted by atomic mass is 19.4. The highest BCUT2D eigenvalue weighted by molar-refractivity contribution is 6.06. The van der Waals surface area contributed by atoms with E-state index in [1.54, 1.807) is 62.4 Å². The van der Waals surface area contributed by atoms with E-state index in [4.69, 9.17) is 0 Å². The maximum absolute atomic E-state index is 14.8. The first-order valence-corrected chi connectivity index (χ1v) is 12.3. The third-order valence-corrected chi connectivity index (χ3v) is 6.77. The van der Waals surface area contributed by atoms with Crippen molar-refractivity contribution in [2.75, 3.05) is 10.6 Å². The van der Waals surface area contributed by atoms with Crippen molar-refractivity contribution < 1.29 is 33.0 Å². The standard InChI is InChI=1S/C31H27F3N2O4/c1-18-6-4-8-20(14-18)28(39)35-24-16-22(10-12-26(24)37)30(3,31(32,33)34)23-11-13-27(38)25(17-23)36-29(40)21-9-5-7-19(2)15-21/h4-17,37-38H,1-3H3,(H,35,39)(H,36,40). The van der Waals surface area contributed by atoms with Crippen molar-refractivity contribution in [3.8, 4) is 11.5 Å². The van der Waals surface area contributed by atoms with E-state index in [1.807, 2.05) is 0 Å². The molecule has 2 amide bonds. The third-order valence-electron chi connectivity index (χ3n) is 6.77. The van der Waals surface area contributed by atoms with Crippen molar-refractivity contribution in [1.29, 1.82) is 0 Å². The van der Waals surface area contributed by atoms with E-state index in [2.05, 4.69) is 10.6 Å². The average molecular weight is 549 g/mol. The van der Waals surface area contributed by atoms with Gasteiger partial charge in [-0.25, -0.2) is 0 Å². The largest absolute Gasteiger partial charge is 0.506 e. The van der Waals surface area contributed by atoms with Gasteiger partial charge in [0.05, 0.1) is 11.4 Å². The molecule has 0 spiro atoms. The molecule has 4 aromatic carbocycles. The fraction of sp³-hybridized carbons (Fsp3) is 0.161. The molecule has 0 saturated heterocycles. The summed E-state index contributed by atoms with van der Waals surface area (Å²) < 4.78 is 44.4. The maximum Gasteiger partial charge on any atom is 0.402 e. The van der Waals surface area contributed by atoms with Crippen LogP contribution in [-0.4, -0.2) is 28.2 Å². The Kier molecular flexibility index (Phi) is 7.59. The second kappa shape index (κ2) is 10.8. The van der Waals surface area contributed by atoms with Gasteiger partial charge in [0.25, 0.3) is 11.8 Å². The summed E-state index contributed by atoms with van der Waals surface area (Å²) in [7, 11) is 0. The summed E-state index contributed by atoms with van der Waals surface area (Å²) in [6.07, 6.45) is -4.85. The Labute approximate surface area is 229 Å². The van der Waals surface area contributed by atoms with Gasteiger partial charge >= 0.3 is 6.18 Å². The van der Waals surface area contributed by atoms with Gasteiger partial charge in [-0.05, 0) is 80.4 Å². The monoisotopic (exact) mass is 548 g/mol. The molecule has 0 bridgehead atoms. The number of alkyl halides is 3. The number of hydrogen-bond donors (Lipinski definition) is 4. The normalized spacial score (nSPS) is 11.7. The average Bonchev–Trinajstić information content (AvgIpc) is 2.90. The quantitative estimate of drug-likeness (QED) is 0.193. The molecule has 9 heteroatoms. The molecule has 40 heavy (non-hydrogen) atoms. The smallest absolute Gasteiger partial charge is 0.402 e. The summed E-state index contributed by atoms with van der Waals surface area (Å²) >= 11 is 0. The van der Waals surface area contributed by atoms with Crippen LogP contribution in [0.5, 0.6) is 11.5 Å². The van der Waals surface area contributed by atoms with Gasteiger partial charge < -0.3 is 20.8 Å². The molecule has 0 aliphatic rings. The summed E-state index contributed by atoms with van der Waals surface area (Å²) in [4.78, 5) is 25.5. The van der Waals surface area contributed by atoms with Crippen LogP contribution in [0.15, 0.2) is 84.9 Å². The zero-order chi connectivity index (χ0) is 29.2. The van der Waals surface area contributed by atoms with Gasteiger partial charge in [0.2, 0.25) is 0 Å². The highest BCUT2D eigenvalue weighted by Gasteiger charge is 2.54. The van der Waals surface area contributed by atoms with Crippen LogP contribution >= 0.6 is 0 Å². The molecule has 0 aliphatic carbocycles. The lowest BCUT2D eigenvalue weighted by atomic mass is 9.75.